The van der Waals surface area contributed by atoms with Crippen molar-refractivity contribution in [1.29, 1.82) is 0 Å². The third kappa shape index (κ3) is 5.97. The van der Waals surface area contributed by atoms with Crippen LogP contribution in [0.15, 0.2) is 35.4 Å². The Balaban J connectivity index is 2.88. The van der Waals surface area contributed by atoms with Crippen molar-refractivity contribution in [3.8, 4) is 0 Å². The first kappa shape index (κ1) is 15.8. The van der Waals surface area contributed by atoms with Crippen molar-refractivity contribution in [2.75, 3.05) is 11.8 Å². The molecule has 0 aliphatic heterocycles. The van der Waals surface area contributed by atoms with Crippen LogP contribution in [0.25, 0.3) is 0 Å². The zero-order chi connectivity index (χ0) is 14.3. The molecule has 0 atom stereocenters. The number of rotatable bonds is 6. The number of thiocarbonyl (C=S) groups is 1. The maximum atomic E-state index is 11.3. The van der Waals surface area contributed by atoms with Crippen molar-refractivity contribution in [2.24, 2.45) is 10.8 Å². The van der Waals surface area contributed by atoms with Gasteiger partial charge in [0.25, 0.3) is 0 Å². The number of hydrogen-bond donors (Lipinski definition) is 3. The second-order valence-corrected chi connectivity index (χ2v) is 6.28. The van der Waals surface area contributed by atoms with Gasteiger partial charge < -0.3 is 5.73 Å². The van der Waals surface area contributed by atoms with Crippen LogP contribution in [0.1, 0.15) is 5.56 Å². The number of nitrogens with two attached hydrogens (primary N) is 1. The first-order chi connectivity index (χ1) is 8.94. The highest BCUT2D eigenvalue weighted by molar-refractivity contribution is 7.90. The van der Waals surface area contributed by atoms with E-state index in [2.05, 4.69) is 27.5 Å². The van der Waals surface area contributed by atoms with E-state index in [-0.39, 0.29) is 11.7 Å². The van der Waals surface area contributed by atoms with E-state index in [0.29, 0.717) is 5.71 Å². The predicted octanol–water partition coefficient (Wildman–Crippen LogP) is 0.340. The van der Waals surface area contributed by atoms with Crippen LogP contribution < -0.4 is 15.9 Å². The van der Waals surface area contributed by atoms with E-state index in [1.54, 1.807) is 12.1 Å². The Kier molecular flexibility index (Phi) is 6.16. The summed E-state index contributed by atoms with van der Waals surface area (Å²) in [4.78, 5) is 0. The van der Waals surface area contributed by atoms with Crippen LogP contribution in [0.4, 0.5) is 0 Å². The molecule has 0 radical (unpaired) electrons. The molecule has 19 heavy (non-hydrogen) atoms. The second kappa shape index (κ2) is 7.39. The summed E-state index contributed by atoms with van der Waals surface area (Å²) in [7, 11) is -3.52. The molecule has 0 aliphatic rings. The van der Waals surface area contributed by atoms with Gasteiger partial charge in [-0.05, 0) is 17.8 Å². The van der Waals surface area contributed by atoms with E-state index < -0.39 is 15.2 Å². The molecule has 0 heterocycles. The van der Waals surface area contributed by atoms with Crippen LogP contribution in [0.3, 0.4) is 0 Å². The van der Waals surface area contributed by atoms with Crippen molar-refractivity contribution in [3.63, 3.8) is 0 Å². The molecule has 0 amide bonds. The molecule has 0 aliphatic carbocycles. The van der Waals surface area contributed by atoms with Gasteiger partial charge in [0.15, 0.2) is 5.11 Å². The van der Waals surface area contributed by atoms with Gasteiger partial charge in [0.05, 0.1) is 12.3 Å². The lowest BCUT2D eigenvalue weighted by molar-refractivity contribution is 0.591. The summed E-state index contributed by atoms with van der Waals surface area (Å²) in [6, 6.07) is 9.03. The van der Waals surface area contributed by atoms with Gasteiger partial charge in [-0.3, -0.25) is 5.43 Å². The van der Waals surface area contributed by atoms with Gasteiger partial charge in [-0.15, -0.1) is 11.6 Å². The normalized spacial score (nSPS) is 12.2. The van der Waals surface area contributed by atoms with Crippen LogP contribution in [-0.2, 0) is 10.0 Å². The molecule has 0 unspecified atom stereocenters. The summed E-state index contributed by atoms with van der Waals surface area (Å²) in [6.07, 6.45) is 0. The lowest BCUT2D eigenvalue weighted by Gasteiger charge is -2.08. The Morgan fingerprint density at radius 3 is 2.53 bits per heavy atom. The van der Waals surface area contributed by atoms with Crippen molar-refractivity contribution < 1.29 is 8.42 Å². The number of halogens is 1. The van der Waals surface area contributed by atoms with Gasteiger partial charge in [0.2, 0.25) is 10.0 Å². The number of hydrazone groups is 1. The van der Waals surface area contributed by atoms with E-state index in [1.807, 2.05) is 18.2 Å². The predicted molar refractivity (Wildman–Crippen MR) is 80.5 cm³/mol. The molecular formula is C10H13ClN4O2S2. The molecule has 9 heteroatoms. The summed E-state index contributed by atoms with van der Waals surface area (Å²) < 4.78 is 24.9. The number of benzene rings is 1. The second-order valence-electron chi connectivity index (χ2n) is 3.45. The zero-order valence-electron chi connectivity index (χ0n) is 9.84. The monoisotopic (exact) mass is 320 g/mol. The standard InChI is InChI=1S/C10H13ClN4O2S2/c11-7-19(16,17)13-6-9(14-15-10(12)18)8-4-2-1-3-5-8/h1-5,13H,6-7H2,(H3,12,15,18). The largest absolute Gasteiger partial charge is 0.375 e. The van der Waals surface area contributed by atoms with Gasteiger partial charge in [-0.2, -0.15) is 5.10 Å². The molecule has 0 bridgehead atoms. The first-order valence-corrected chi connectivity index (χ1v) is 7.75. The Labute approximate surface area is 122 Å². The van der Waals surface area contributed by atoms with Crippen molar-refractivity contribution in [2.45, 2.75) is 0 Å². The van der Waals surface area contributed by atoms with Crippen LogP contribution in [0.5, 0.6) is 0 Å². The molecule has 0 spiro atoms. The highest BCUT2D eigenvalue weighted by Gasteiger charge is 2.11. The fraction of sp³-hybridized carbons (Fsp3) is 0.200. The molecule has 0 saturated heterocycles. The van der Waals surface area contributed by atoms with Crippen molar-refractivity contribution in [1.82, 2.24) is 10.1 Å². The molecule has 104 valence electrons. The smallest absolute Gasteiger partial charge is 0.226 e. The van der Waals surface area contributed by atoms with Crippen LogP contribution >= 0.6 is 23.8 Å². The third-order valence-corrected chi connectivity index (χ3v) is 3.84. The van der Waals surface area contributed by atoms with Gasteiger partial charge in [0.1, 0.15) is 5.21 Å². The van der Waals surface area contributed by atoms with Crippen molar-refractivity contribution in [3.05, 3.63) is 35.9 Å². The van der Waals surface area contributed by atoms with Gasteiger partial charge in [0, 0.05) is 0 Å². The number of nitrogens with one attached hydrogen (secondary N) is 2. The maximum absolute atomic E-state index is 11.3. The molecule has 0 saturated carbocycles. The van der Waals surface area contributed by atoms with E-state index in [1.165, 1.54) is 0 Å². The summed E-state index contributed by atoms with van der Waals surface area (Å²) in [5, 5.41) is 3.44. The van der Waals surface area contributed by atoms with Crippen molar-refractivity contribution >= 4 is 44.7 Å². The number of alkyl halides is 1. The fourth-order valence-corrected chi connectivity index (χ4v) is 1.89. The number of sulfonamides is 1. The summed E-state index contributed by atoms with van der Waals surface area (Å²) >= 11 is 9.95. The van der Waals surface area contributed by atoms with Crippen LogP contribution in [0, 0.1) is 0 Å². The Hall–Kier alpha value is -1.22. The Bertz CT molecular complexity index is 560. The SMILES string of the molecule is NC(=S)NN=C(CNS(=O)(=O)CCl)c1ccccc1. The molecule has 6 nitrogen and oxygen atoms in total. The minimum atomic E-state index is -3.52. The quantitative estimate of drug-likeness (QED) is 0.304. The lowest BCUT2D eigenvalue weighted by atomic mass is 10.1. The summed E-state index contributed by atoms with van der Waals surface area (Å²) in [5.74, 6) is 0. The molecule has 1 rings (SSSR count). The molecule has 1 aromatic rings. The molecule has 0 aromatic heterocycles. The molecular weight excluding hydrogens is 308 g/mol. The third-order valence-electron chi connectivity index (χ3n) is 2.01. The highest BCUT2D eigenvalue weighted by atomic mass is 35.5. The average molecular weight is 321 g/mol. The zero-order valence-corrected chi connectivity index (χ0v) is 12.2. The van der Waals surface area contributed by atoms with Gasteiger partial charge >= 0.3 is 0 Å². The first-order valence-electron chi connectivity index (χ1n) is 5.15. The Morgan fingerprint density at radius 2 is 2.00 bits per heavy atom. The number of hydrogen-bond acceptors (Lipinski definition) is 4. The van der Waals surface area contributed by atoms with E-state index in [0.717, 1.165) is 5.56 Å². The number of nitrogens with zero attached hydrogens (tertiary/aromatic N) is 1. The Morgan fingerprint density at radius 1 is 1.37 bits per heavy atom. The minimum absolute atomic E-state index is 0.00590. The van der Waals surface area contributed by atoms with E-state index in [9.17, 15) is 8.42 Å². The highest BCUT2D eigenvalue weighted by Crippen LogP contribution is 2.01. The average Bonchev–Trinajstić information content (AvgIpc) is 2.39. The molecule has 4 N–H and O–H groups in total. The topological polar surface area (TPSA) is 96.6 Å². The van der Waals surface area contributed by atoms with E-state index in [4.69, 9.17) is 17.3 Å². The lowest BCUT2D eigenvalue weighted by Crippen LogP contribution is -2.33. The van der Waals surface area contributed by atoms with Crippen LogP contribution in [0.2, 0.25) is 0 Å². The molecule has 1 aromatic carbocycles. The summed E-state index contributed by atoms with van der Waals surface area (Å²) in [5.41, 5.74) is 8.89. The van der Waals surface area contributed by atoms with Gasteiger partial charge in [-0.1, -0.05) is 30.3 Å². The maximum Gasteiger partial charge on any atom is 0.226 e. The van der Waals surface area contributed by atoms with E-state index >= 15 is 0 Å². The molecule has 0 fully saturated rings. The summed E-state index contributed by atoms with van der Waals surface area (Å²) in [6.45, 7) is -0.0192. The van der Waals surface area contributed by atoms with Crippen LogP contribution in [-0.4, -0.2) is 31.0 Å². The van der Waals surface area contributed by atoms with Gasteiger partial charge in [-0.25, -0.2) is 13.1 Å². The fourth-order valence-electron chi connectivity index (χ4n) is 1.18. The minimum Gasteiger partial charge on any atom is -0.375 e.